The van der Waals surface area contributed by atoms with E-state index in [9.17, 15) is 30.8 Å². The Morgan fingerprint density at radius 3 is 2.44 bits per heavy atom. The zero-order chi connectivity index (χ0) is 24.1. The summed E-state index contributed by atoms with van der Waals surface area (Å²) < 4.78 is 82.6. The standard InChI is InChI=1S/C21H22F4N2O4S/c1-4-31-19-12-16(21(23,24)25)8-5-14(19)7-10-20(28)26-13(2)15-6-9-18(17(22)11-15)27-32(3,29)30/h5-13,27H,4H2,1-3H3,(H,26,28)/t13-/m1/s1. The van der Waals surface area contributed by atoms with E-state index in [1.54, 1.807) is 13.8 Å². The maximum absolute atomic E-state index is 14.1. The Morgan fingerprint density at radius 1 is 1.19 bits per heavy atom. The minimum absolute atomic E-state index is 0.0181. The van der Waals surface area contributed by atoms with Crippen molar-refractivity contribution in [2.24, 2.45) is 0 Å². The van der Waals surface area contributed by atoms with Crippen LogP contribution in [0.15, 0.2) is 42.5 Å². The van der Waals surface area contributed by atoms with Gasteiger partial charge in [0.25, 0.3) is 0 Å². The Kier molecular flexibility index (Phi) is 7.89. The van der Waals surface area contributed by atoms with Crippen LogP contribution in [-0.4, -0.2) is 27.2 Å². The third-order valence-electron chi connectivity index (χ3n) is 4.20. The van der Waals surface area contributed by atoms with Crippen molar-refractivity contribution in [2.45, 2.75) is 26.1 Å². The zero-order valence-corrected chi connectivity index (χ0v) is 18.3. The van der Waals surface area contributed by atoms with E-state index in [1.165, 1.54) is 24.3 Å². The van der Waals surface area contributed by atoms with Gasteiger partial charge >= 0.3 is 6.18 Å². The van der Waals surface area contributed by atoms with Gasteiger partial charge in [-0.2, -0.15) is 13.2 Å². The van der Waals surface area contributed by atoms with Crippen molar-refractivity contribution >= 4 is 27.7 Å². The van der Waals surface area contributed by atoms with Crippen LogP contribution in [0.4, 0.5) is 23.2 Å². The summed E-state index contributed by atoms with van der Waals surface area (Å²) in [7, 11) is -3.65. The Morgan fingerprint density at radius 2 is 1.88 bits per heavy atom. The average Bonchev–Trinajstić information content (AvgIpc) is 2.67. The molecule has 0 aromatic heterocycles. The third-order valence-corrected chi connectivity index (χ3v) is 4.79. The number of rotatable bonds is 8. The predicted molar refractivity (Wildman–Crippen MR) is 113 cm³/mol. The maximum Gasteiger partial charge on any atom is 0.416 e. The van der Waals surface area contributed by atoms with Gasteiger partial charge in [-0.15, -0.1) is 0 Å². The van der Waals surface area contributed by atoms with E-state index >= 15 is 0 Å². The second-order valence-electron chi connectivity index (χ2n) is 6.86. The molecule has 0 bridgehead atoms. The fraction of sp³-hybridized carbons (Fsp3) is 0.286. The van der Waals surface area contributed by atoms with E-state index in [-0.39, 0.29) is 23.6 Å². The minimum Gasteiger partial charge on any atom is -0.493 e. The number of ether oxygens (including phenoxy) is 1. The highest BCUT2D eigenvalue weighted by atomic mass is 32.2. The van der Waals surface area contributed by atoms with Crippen LogP contribution in [0.5, 0.6) is 5.75 Å². The monoisotopic (exact) mass is 474 g/mol. The van der Waals surface area contributed by atoms with Crippen molar-refractivity contribution in [3.8, 4) is 5.75 Å². The zero-order valence-electron chi connectivity index (χ0n) is 17.5. The number of alkyl halides is 3. The lowest BCUT2D eigenvalue weighted by molar-refractivity contribution is -0.137. The van der Waals surface area contributed by atoms with Gasteiger partial charge in [-0.05, 0) is 49.8 Å². The summed E-state index contributed by atoms with van der Waals surface area (Å²) in [5.41, 5.74) is -0.426. The lowest BCUT2D eigenvalue weighted by Crippen LogP contribution is -2.24. The molecule has 2 aromatic rings. The number of carbonyl (C=O) groups excluding carboxylic acids is 1. The van der Waals surface area contributed by atoms with E-state index in [2.05, 4.69) is 5.32 Å². The van der Waals surface area contributed by atoms with Crippen molar-refractivity contribution in [1.29, 1.82) is 0 Å². The summed E-state index contributed by atoms with van der Waals surface area (Å²) in [5, 5.41) is 2.60. The van der Waals surface area contributed by atoms with Gasteiger partial charge in [0.05, 0.1) is 30.2 Å². The maximum atomic E-state index is 14.1. The van der Waals surface area contributed by atoms with Crippen LogP contribution in [0.3, 0.4) is 0 Å². The highest BCUT2D eigenvalue weighted by Gasteiger charge is 2.31. The Balaban J connectivity index is 2.12. The molecule has 2 rings (SSSR count). The molecule has 0 aliphatic carbocycles. The summed E-state index contributed by atoms with van der Waals surface area (Å²) in [6.07, 6.45) is -1.20. The first-order valence-electron chi connectivity index (χ1n) is 9.40. The molecule has 1 amide bonds. The van der Waals surface area contributed by atoms with E-state index < -0.39 is 39.5 Å². The van der Waals surface area contributed by atoms with E-state index in [4.69, 9.17) is 4.74 Å². The van der Waals surface area contributed by atoms with Crippen molar-refractivity contribution in [2.75, 3.05) is 17.6 Å². The normalized spacial score (nSPS) is 13.1. The Bertz CT molecular complexity index is 1120. The van der Waals surface area contributed by atoms with E-state index in [1.807, 2.05) is 4.72 Å². The average molecular weight is 474 g/mol. The minimum atomic E-state index is -4.53. The SMILES string of the molecule is CCOc1cc(C(F)(F)F)ccc1C=CC(=O)N[C@H](C)c1ccc(NS(C)(=O)=O)c(F)c1. The number of benzene rings is 2. The molecule has 11 heteroatoms. The number of amides is 1. The van der Waals surface area contributed by atoms with Crippen LogP contribution in [0.25, 0.3) is 6.08 Å². The summed E-state index contributed by atoms with van der Waals surface area (Å²) in [4.78, 5) is 12.2. The summed E-state index contributed by atoms with van der Waals surface area (Å²) in [6.45, 7) is 3.35. The first kappa shape index (κ1) is 25.2. The number of carbonyl (C=O) groups is 1. The van der Waals surface area contributed by atoms with Crippen molar-refractivity contribution < 1.29 is 35.5 Å². The molecule has 0 saturated heterocycles. The molecule has 2 N–H and O–H groups in total. The first-order chi connectivity index (χ1) is 14.8. The van der Waals surface area contributed by atoms with Crippen molar-refractivity contribution in [3.63, 3.8) is 0 Å². The number of sulfonamides is 1. The van der Waals surface area contributed by atoms with Crippen LogP contribution in [0.1, 0.15) is 36.6 Å². The lowest BCUT2D eigenvalue weighted by atomic mass is 10.1. The summed E-state index contributed by atoms with van der Waals surface area (Å²) in [5.74, 6) is -1.40. The Hall–Kier alpha value is -3.08. The second kappa shape index (κ2) is 10.0. The van der Waals surface area contributed by atoms with Gasteiger partial charge in [-0.3, -0.25) is 9.52 Å². The van der Waals surface area contributed by atoms with Gasteiger partial charge in [0.15, 0.2) is 0 Å². The molecule has 0 unspecified atom stereocenters. The van der Waals surface area contributed by atoms with Crippen LogP contribution < -0.4 is 14.8 Å². The van der Waals surface area contributed by atoms with Gasteiger partial charge in [-0.1, -0.05) is 12.1 Å². The fourth-order valence-electron chi connectivity index (χ4n) is 2.72. The summed E-state index contributed by atoms with van der Waals surface area (Å²) >= 11 is 0. The Labute approximate surface area is 183 Å². The largest absolute Gasteiger partial charge is 0.493 e. The quantitative estimate of drug-likeness (QED) is 0.436. The number of anilines is 1. The number of hydrogen-bond acceptors (Lipinski definition) is 4. The molecule has 0 saturated carbocycles. The molecule has 0 aliphatic rings. The van der Waals surface area contributed by atoms with Gasteiger partial charge in [0, 0.05) is 11.6 Å². The topological polar surface area (TPSA) is 84.5 Å². The van der Waals surface area contributed by atoms with Gasteiger partial charge in [0.1, 0.15) is 11.6 Å². The van der Waals surface area contributed by atoms with Gasteiger partial charge < -0.3 is 10.1 Å². The molecule has 0 heterocycles. The number of nitrogens with one attached hydrogen (secondary N) is 2. The highest BCUT2D eigenvalue weighted by molar-refractivity contribution is 7.92. The van der Waals surface area contributed by atoms with E-state index in [0.717, 1.165) is 30.5 Å². The molecule has 0 spiro atoms. The summed E-state index contributed by atoms with van der Waals surface area (Å²) in [6, 6.07) is 6.09. The molecule has 174 valence electrons. The molecular formula is C21H22F4N2O4S. The van der Waals surface area contributed by atoms with Gasteiger partial charge in [0.2, 0.25) is 15.9 Å². The van der Waals surface area contributed by atoms with Crippen molar-refractivity contribution in [3.05, 3.63) is 65.0 Å². The third kappa shape index (κ3) is 7.26. The van der Waals surface area contributed by atoms with Gasteiger partial charge in [-0.25, -0.2) is 12.8 Å². The molecule has 0 aliphatic heterocycles. The van der Waals surface area contributed by atoms with Crippen LogP contribution in [0, 0.1) is 5.82 Å². The molecule has 2 aromatic carbocycles. The molecule has 1 atom stereocenters. The highest BCUT2D eigenvalue weighted by Crippen LogP contribution is 2.33. The molecule has 32 heavy (non-hydrogen) atoms. The molecular weight excluding hydrogens is 452 g/mol. The molecule has 0 radical (unpaired) electrons. The second-order valence-corrected chi connectivity index (χ2v) is 8.61. The number of hydrogen-bond donors (Lipinski definition) is 2. The van der Waals surface area contributed by atoms with Crippen LogP contribution >= 0.6 is 0 Å². The smallest absolute Gasteiger partial charge is 0.416 e. The molecule has 0 fully saturated rings. The van der Waals surface area contributed by atoms with E-state index in [0.29, 0.717) is 5.56 Å². The predicted octanol–water partition coefficient (Wildman–Crippen LogP) is 4.51. The van der Waals surface area contributed by atoms with Crippen LogP contribution in [-0.2, 0) is 21.0 Å². The first-order valence-corrected chi connectivity index (χ1v) is 11.3. The number of halogens is 4. The van der Waals surface area contributed by atoms with Crippen molar-refractivity contribution in [1.82, 2.24) is 5.32 Å². The molecule has 6 nitrogen and oxygen atoms in total. The lowest BCUT2D eigenvalue weighted by Gasteiger charge is -2.15. The fourth-order valence-corrected chi connectivity index (χ4v) is 3.29. The van der Waals surface area contributed by atoms with Crippen LogP contribution in [0.2, 0.25) is 0 Å².